The second kappa shape index (κ2) is 7.52. The van der Waals surface area contributed by atoms with Crippen LogP contribution < -0.4 is 5.32 Å². The molecule has 0 saturated heterocycles. The SMILES string of the molecule is CC(C)C(C(=O)Nc1ccc(Br)cn1)n1nnc(-c2ccccc2)n1. The normalized spacial score (nSPS) is 12.2. The maximum Gasteiger partial charge on any atom is 0.252 e. The van der Waals surface area contributed by atoms with Crippen molar-refractivity contribution >= 4 is 27.7 Å². The third-order valence-corrected chi connectivity index (χ3v) is 4.06. The molecule has 0 aliphatic rings. The molecule has 2 aromatic heterocycles. The van der Waals surface area contributed by atoms with Crippen molar-refractivity contribution in [2.24, 2.45) is 5.92 Å². The van der Waals surface area contributed by atoms with Crippen molar-refractivity contribution in [1.29, 1.82) is 0 Å². The van der Waals surface area contributed by atoms with Crippen LogP contribution in [-0.2, 0) is 4.79 Å². The second-order valence-corrected chi connectivity index (χ2v) is 6.75. The van der Waals surface area contributed by atoms with Crippen molar-refractivity contribution in [2.45, 2.75) is 19.9 Å². The number of carbonyl (C=O) groups is 1. The Hall–Kier alpha value is -2.61. The Kier molecular flexibility index (Phi) is 5.18. The summed E-state index contributed by atoms with van der Waals surface area (Å²) >= 11 is 3.32. The average Bonchev–Trinajstić information content (AvgIpc) is 3.07. The maximum absolute atomic E-state index is 12.7. The number of benzene rings is 1. The van der Waals surface area contributed by atoms with Gasteiger partial charge in [0.05, 0.1) is 0 Å². The molecule has 0 spiro atoms. The highest BCUT2D eigenvalue weighted by atomic mass is 79.9. The zero-order chi connectivity index (χ0) is 17.8. The number of anilines is 1. The van der Waals surface area contributed by atoms with E-state index in [1.54, 1.807) is 12.3 Å². The van der Waals surface area contributed by atoms with Crippen LogP contribution in [-0.4, -0.2) is 31.1 Å². The first-order valence-corrected chi connectivity index (χ1v) is 8.61. The molecule has 0 saturated carbocycles. The molecule has 3 aromatic rings. The highest BCUT2D eigenvalue weighted by Gasteiger charge is 2.27. The fraction of sp³-hybridized carbons (Fsp3) is 0.235. The van der Waals surface area contributed by atoms with Crippen molar-refractivity contribution < 1.29 is 4.79 Å². The molecule has 0 bridgehead atoms. The lowest BCUT2D eigenvalue weighted by atomic mass is 10.0. The number of amides is 1. The number of nitrogens with one attached hydrogen (secondary N) is 1. The first kappa shape index (κ1) is 17.2. The number of halogens is 1. The van der Waals surface area contributed by atoms with Crippen molar-refractivity contribution in [3.05, 3.63) is 53.1 Å². The molecule has 1 aromatic carbocycles. The van der Waals surface area contributed by atoms with Crippen molar-refractivity contribution in [2.75, 3.05) is 5.32 Å². The summed E-state index contributed by atoms with van der Waals surface area (Å²) in [4.78, 5) is 18.2. The second-order valence-electron chi connectivity index (χ2n) is 5.84. The van der Waals surface area contributed by atoms with Gasteiger partial charge in [-0.2, -0.15) is 4.80 Å². The van der Waals surface area contributed by atoms with E-state index < -0.39 is 6.04 Å². The van der Waals surface area contributed by atoms with Gasteiger partial charge in [-0.05, 0) is 39.2 Å². The van der Waals surface area contributed by atoms with E-state index in [-0.39, 0.29) is 11.8 Å². The van der Waals surface area contributed by atoms with Gasteiger partial charge in [0.15, 0.2) is 6.04 Å². The van der Waals surface area contributed by atoms with Gasteiger partial charge in [-0.15, -0.1) is 10.2 Å². The molecule has 25 heavy (non-hydrogen) atoms. The van der Waals surface area contributed by atoms with Crippen LogP contribution in [0.4, 0.5) is 5.82 Å². The molecule has 1 N–H and O–H groups in total. The van der Waals surface area contributed by atoms with Crippen molar-refractivity contribution in [3.63, 3.8) is 0 Å². The van der Waals surface area contributed by atoms with Crippen LogP contribution in [0.25, 0.3) is 11.4 Å². The van der Waals surface area contributed by atoms with E-state index in [9.17, 15) is 4.79 Å². The molecule has 3 rings (SSSR count). The van der Waals surface area contributed by atoms with Crippen LogP contribution in [0.15, 0.2) is 53.1 Å². The van der Waals surface area contributed by atoms with Gasteiger partial charge in [-0.1, -0.05) is 44.2 Å². The van der Waals surface area contributed by atoms with E-state index in [2.05, 4.69) is 41.6 Å². The van der Waals surface area contributed by atoms with Crippen LogP contribution in [0.1, 0.15) is 19.9 Å². The first-order chi connectivity index (χ1) is 12.0. The summed E-state index contributed by atoms with van der Waals surface area (Å²) < 4.78 is 0.844. The van der Waals surface area contributed by atoms with Crippen LogP contribution in [0.5, 0.6) is 0 Å². The molecule has 7 nitrogen and oxygen atoms in total. The molecule has 1 atom stereocenters. The Morgan fingerprint density at radius 1 is 1.16 bits per heavy atom. The van der Waals surface area contributed by atoms with Gasteiger partial charge >= 0.3 is 0 Å². The summed E-state index contributed by atoms with van der Waals surface area (Å²) in [6.07, 6.45) is 1.63. The van der Waals surface area contributed by atoms with Crippen LogP contribution in [0, 0.1) is 5.92 Å². The largest absolute Gasteiger partial charge is 0.309 e. The molecule has 0 fully saturated rings. The van der Waals surface area contributed by atoms with E-state index >= 15 is 0 Å². The molecule has 1 unspecified atom stereocenters. The molecular weight excluding hydrogens is 384 g/mol. The highest BCUT2D eigenvalue weighted by molar-refractivity contribution is 9.10. The van der Waals surface area contributed by atoms with Crippen LogP contribution in [0.3, 0.4) is 0 Å². The van der Waals surface area contributed by atoms with E-state index in [0.29, 0.717) is 11.6 Å². The minimum atomic E-state index is -0.588. The summed E-state index contributed by atoms with van der Waals surface area (Å²) in [7, 11) is 0. The highest BCUT2D eigenvalue weighted by Crippen LogP contribution is 2.20. The molecule has 8 heteroatoms. The Labute approximate surface area is 153 Å². The smallest absolute Gasteiger partial charge is 0.252 e. The lowest BCUT2D eigenvalue weighted by Crippen LogP contribution is -2.31. The minimum Gasteiger partial charge on any atom is -0.309 e. The first-order valence-electron chi connectivity index (χ1n) is 7.82. The number of nitrogens with zero attached hydrogens (tertiary/aromatic N) is 5. The number of hydrogen-bond donors (Lipinski definition) is 1. The predicted molar refractivity (Wildman–Crippen MR) is 97.7 cm³/mol. The fourth-order valence-corrected chi connectivity index (χ4v) is 2.60. The van der Waals surface area contributed by atoms with Gasteiger partial charge in [0.25, 0.3) is 5.91 Å². The number of hydrogen-bond acceptors (Lipinski definition) is 5. The summed E-state index contributed by atoms with van der Waals surface area (Å²) in [5.74, 6) is 0.707. The lowest BCUT2D eigenvalue weighted by molar-refractivity contribution is -0.121. The van der Waals surface area contributed by atoms with Gasteiger partial charge in [-0.25, -0.2) is 4.98 Å². The van der Waals surface area contributed by atoms with Gasteiger partial charge in [0, 0.05) is 16.2 Å². The average molecular weight is 401 g/mol. The van der Waals surface area contributed by atoms with Crippen molar-refractivity contribution in [3.8, 4) is 11.4 Å². The van der Waals surface area contributed by atoms with Gasteiger partial charge < -0.3 is 5.32 Å². The Bertz CT molecular complexity index is 847. The Morgan fingerprint density at radius 3 is 2.56 bits per heavy atom. The summed E-state index contributed by atoms with van der Waals surface area (Å²) in [5, 5.41) is 15.3. The minimum absolute atomic E-state index is 0.0201. The topological polar surface area (TPSA) is 85.6 Å². The monoisotopic (exact) mass is 400 g/mol. The Balaban J connectivity index is 1.82. The molecule has 0 aliphatic carbocycles. The summed E-state index contributed by atoms with van der Waals surface area (Å²) in [6, 6.07) is 12.5. The summed E-state index contributed by atoms with van der Waals surface area (Å²) in [6.45, 7) is 3.87. The quantitative estimate of drug-likeness (QED) is 0.709. The van der Waals surface area contributed by atoms with E-state index in [4.69, 9.17) is 0 Å². The Morgan fingerprint density at radius 2 is 1.92 bits per heavy atom. The van der Waals surface area contributed by atoms with Crippen LogP contribution in [0.2, 0.25) is 0 Å². The molecule has 0 radical (unpaired) electrons. The molecular formula is C17H17BrN6O. The number of carbonyl (C=O) groups excluding carboxylic acids is 1. The summed E-state index contributed by atoms with van der Waals surface area (Å²) in [5.41, 5.74) is 0.853. The zero-order valence-electron chi connectivity index (χ0n) is 13.8. The molecule has 128 valence electrons. The predicted octanol–water partition coefficient (Wildman–Crippen LogP) is 3.33. The van der Waals surface area contributed by atoms with Crippen molar-refractivity contribution in [1.82, 2.24) is 25.2 Å². The van der Waals surface area contributed by atoms with Crippen LogP contribution >= 0.6 is 15.9 Å². The van der Waals surface area contributed by atoms with Gasteiger partial charge in [0.1, 0.15) is 5.82 Å². The zero-order valence-corrected chi connectivity index (χ0v) is 15.4. The molecule has 1 amide bonds. The number of pyridine rings is 1. The molecule has 2 heterocycles. The number of tetrazole rings is 1. The molecule has 0 aliphatic heterocycles. The van der Waals surface area contributed by atoms with E-state index in [1.165, 1.54) is 4.80 Å². The van der Waals surface area contributed by atoms with E-state index in [0.717, 1.165) is 10.0 Å². The third-order valence-electron chi connectivity index (χ3n) is 3.59. The van der Waals surface area contributed by atoms with Gasteiger partial charge in [-0.3, -0.25) is 4.79 Å². The third kappa shape index (κ3) is 4.08. The van der Waals surface area contributed by atoms with E-state index in [1.807, 2.05) is 50.2 Å². The maximum atomic E-state index is 12.7. The number of aromatic nitrogens is 5. The standard InChI is InChI=1S/C17H17BrN6O/c1-11(2)15(17(25)20-14-9-8-13(18)10-19-14)24-22-16(21-23-24)12-6-4-3-5-7-12/h3-11,15H,1-2H3,(H,19,20,25). The lowest BCUT2D eigenvalue weighted by Gasteiger charge is -2.18. The number of rotatable bonds is 5. The van der Waals surface area contributed by atoms with Gasteiger partial charge in [0.2, 0.25) is 5.82 Å². The fourth-order valence-electron chi connectivity index (χ4n) is 2.37.